The summed E-state index contributed by atoms with van der Waals surface area (Å²) in [5, 5.41) is 2.04. The van der Waals surface area contributed by atoms with E-state index in [2.05, 4.69) is 18.6 Å². The van der Waals surface area contributed by atoms with E-state index >= 15 is 0 Å². The molecule has 0 aliphatic carbocycles. The number of nitrogens with one attached hydrogen (secondary N) is 1. The fourth-order valence-corrected chi connectivity index (χ4v) is 5.72. The van der Waals surface area contributed by atoms with Crippen LogP contribution in [-0.2, 0) is 23.6 Å². The second-order valence-corrected chi connectivity index (χ2v) is 11.0. The molecular weight excluding hydrogens is 461 g/mol. The lowest BCUT2D eigenvalue weighted by molar-refractivity contribution is 0.576. The summed E-state index contributed by atoms with van der Waals surface area (Å²) in [6, 6.07) is 12.1. The first-order chi connectivity index (χ1) is 14.1. The standard InChI is InChI=1S/C21H23Cl2N3O2S2/c1-13(2)20-21(29-17-10-15(22)9-16(23)11-17)26(4)19(25-20)12-24-30(27,28)18-7-5-14(3)6-8-18/h5-11,13,24H,12H2,1-4H3. The van der Waals surface area contributed by atoms with Crippen molar-refractivity contribution in [1.82, 2.24) is 14.3 Å². The first-order valence-electron chi connectivity index (χ1n) is 9.32. The van der Waals surface area contributed by atoms with Crippen LogP contribution in [0, 0.1) is 6.92 Å². The van der Waals surface area contributed by atoms with Gasteiger partial charge in [-0.1, -0.05) is 66.5 Å². The molecule has 1 N–H and O–H groups in total. The molecule has 3 rings (SSSR count). The topological polar surface area (TPSA) is 64.0 Å². The van der Waals surface area contributed by atoms with Crippen molar-refractivity contribution in [1.29, 1.82) is 0 Å². The molecule has 5 nitrogen and oxygen atoms in total. The van der Waals surface area contributed by atoms with E-state index in [0.717, 1.165) is 21.2 Å². The number of hydrogen-bond donors (Lipinski definition) is 1. The van der Waals surface area contributed by atoms with Crippen molar-refractivity contribution in [3.8, 4) is 0 Å². The van der Waals surface area contributed by atoms with Crippen LogP contribution in [-0.4, -0.2) is 18.0 Å². The average Bonchev–Trinajstić information content (AvgIpc) is 2.96. The summed E-state index contributed by atoms with van der Waals surface area (Å²) < 4.78 is 29.8. The van der Waals surface area contributed by atoms with Gasteiger partial charge in [-0.25, -0.2) is 18.1 Å². The molecule has 0 unspecified atom stereocenters. The third-order valence-corrected chi connectivity index (χ3v) is 7.51. The molecule has 3 aromatic rings. The minimum absolute atomic E-state index is 0.0866. The Morgan fingerprint density at radius 2 is 1.70 bits per heavy atom. The van der Waals surface area contributed by atoms with Gasteiger partial charge in [0, 0.05) is 22.0 Å². The maximum atomic E-state index is 12.6. The highest BCUT2D eigenvalue weighted by Gasteiger charge is 2.21. The van der Waals surface area contributed by atoms with Crippen LogP contribution in [0.2, 0.25) is 10.0 Å². The molecular formula is C21H23Cl2N3O2S2. The Balaban J connectivity index is 1.87. The van der Waals surface area contributed by atoms with Crippen LogP contribution in [0.15, 0.2) is 57.3 Å². The first kappa shape index (κ1) is 23.2. The summed E-state index contributed by atoms with van der Waals surface area (Å²) >= 11 is 13.8. The molecule has 0 spiro atoms. The van der Waals surface area contributed by atoms with Crippen molar-refractivity contribution in [2.45, 2.75) is 48.1 Å². The number of imidazole rings is 1. The van der Waals surface area contributed by atoms with Gasteiger partial charge in [0.15, 0.2) is 0 Å². The molecule has 0 fully saturated rings. The van der Waals surface area contributed by atoms with Gasteiger partial charge >= 0.3 is 0 Å². The van der Waals surface area contributed by atoms with E-state index in [4.69, 9.17) is 28.2 Å². The molecule has 0 radical (unpaired) electrons. The SMILES string of the molecule is Cc1ccc(S(=O)(=O)NCc2nc(C(C)C)c(Sc3cc(Cl)cc(Cl)c3)n2C)cc1. The number of hydrogen-bond acceptors (Lipinski definition) is 4. The summed E-state index contributed by atoms with van der Waals surface area (Å²) in [7, 11) is -1.75. The second kappa shape index (κ2) is 9.32. The van der Waals surface area contributed by atoms with Crippen LogP contribution >= 0.6 is 35.0 Å². The van der Waals surface area contributed by atoms with Gasteiger partial charge in [-0.2, -0.15) is 0 Å². The molecule has 30 heavy (non-hydrogen) atoms. The van der Waals surface area contributed by atoms with Crippen LogP contribution in [0.25, 0.3) is 0 Å². The number of aryl methyl sites for hydroxylation is 1. The van der Waals surface area contributed by atoms with E-state index in [0.29, 0.717) is 15.9 Å². The van der Waals surface area contributed by atoms with E-state index in [1.165, 1.54) is 11.8 Å². The molecule has 0 amide bonds. The quantitative estimate of drug-likeness (QED) is 0.461. The van der Waals surface area contributed by atoms with Crippen molar-refractivity contribution in [2.24, 2.45) is 7.05 Å². The number of aromatic nitrogens is 2. The van der Waals surface area contributed by atoms with Gasteiger partial charge in [0.25, 0.3) is 0 Å². The van der Waals surface area contributed by atoms with Crippen LogP contribution in [0.5, 0.6) is 0 Å². The zero-order chi connectivity index (χ0) is 22.1. The van der Waals surface area contributed by atoms with Crippen LogP contribution in [0.4, 0.5) is 0 Å². The fraction of sp³-hybridized carbons (Fsp3) is 0.286. The predicted octanol–water partition coefficient (Wildman–Crippen LogP) is 5.79. The summed E-state index contributed by atoms with van der Waals surface area (Å²) in [6.07, 6.45) is 0. The van der Waals surface area contributed by atoms with Crippen molar-refractivity contribution in [3.05, 3.63) is 69.6 Å². The smallest absolute Gasteiger partial charge is 0.240 e. The number of sulfonamides is 1. The Hall–Kier alpha value is -1.51. The van der Waals surface area contributed by atoms with E-state index in [1.807, 2.05) is 30.7 Å². The normalized spacial score (nSPS) is 12.0. The average molecular weight is 484 g/mol. The number of nitrogens with zero attached hydrogens (tertiary/aromatic N) is 2. The van der Waals surface area contributed by atoms with Gasteiger partial charge in [-0.05, 0) is 43.2 Å². The maximum Gasteiger partial charge on any atom is 0.240 e. The molecule has 0 aliphatic heterocycles. The van der Waals surface area contributed by atoms with Gasteiger partial charge in [0.2, 0.25) is 10.0 Å². The van der Waals surface area contributed by atoms with Crippen LogP contribution in [0.3, 0.4) is 0 Å². The Labute approximate surface area is 191 Å². The number of benzene rings is 2. The lowest BCUT2D eigenvalue weighted by Crippen LogP contribution is -2.24. The van der Waals surface area contributed by atoms with E-state index in [9.17, 15) is 8.42 Å². The molecule has 1 aromatic heterocycles. The lowest BCUT2D eigenvalue weighted by Gasteiger charge is -2.10. The molecule has 0 saturated heterocycles. The highest BCUT2D eigenvalue weighted by Crippen LogP contribution is 2.36. The molecule has 0 saturated carbocycles. The Morgan fingerprint density at radius 3 is 2.27 bits per heavy atom. The molecule has 160 valence electrons. The molecule has 0 aliphatic rings. The summed E-state index contributed by atoms with van der Waals surface area (Å²) in [6.45, 7) is 6.11. The third-order valence-electron chi connectivity index (χ3n) is 4.51. The fourth-order valence-electron chi connectivity index (χ4n) is 2.87. The number of rotatable bonds is 7. The highest BCUT2D eigenvalue weighted by molar-refractivity contribution is 7.99. The Bertz CT molecular complexity index is 1140. The van der Waals surface area contributed by atoms with Crippen LogP contribution in [0.1, 0.15) is 36.8 Å². The predicted molar refractivity (Wildman–Crippen MR) is 123 cm³/mol. The first-order valence-corrected chi connectivity index (χ1v) is 12.4. The van der Waals surface area contributed by atoms with Gasteiger partial charge in [0.1, 0.15) is 10.9 Å². The zero-order valence-electron chi connectivity index (χ0n) is 17.1. The molecule has 1 heterocycles. The van der Waals surface area contributed by atoms with Crippen molar-refractivity contribution in [3.63, 3.8) is 0 Å². The van der Waals surface area contributed by atoms with Crippen LogP contribution < -0.4 is 4.72 Å². The minimum Gasteiger partial charge on any atom is -0.325 e. The summed E-state index contributed by atoms with van der Waals surface area (Å²) in [4.78, 5) is 5.83. The van der Waals surface area contributed by atoms with Crippen molar-refractivity contribution < 1.29 is 8.42 Å². The molecule has 2 aromatic carbocycles. The van der Waals surface area contributed by atoms with Gasteiger partial charge in [-0.3, -0.25) is 0 Å². The third kappa shape index (κ3) is 5.39. The molecule has 0 bridgehead atoms. The van der Waals surface area contributed by atoms with Gasteiger partial charge in [0.05, 0.1) is 17.1 Å². The Morgan fingerprint density at radius 1 is 1.10 bits per heavy atom. The summed E-state index contributed by atoms with van der Waals surface area (Å²) in [5.74, 6) is 0.792. The number of halogens is 2. The van der Waals surface area contributed by atoms with E-state index < -0.39 is 10.0 Å². The maximum absolute atomic E-state index is 12.6. The van der Waals surface area contributed by atoms with E-state index in [-0.39, 0.29) is 17.4 Å². The monoisotopic (exact) mass is 483 g/mol. The van der Waals surface area contributed by atoms with Gasteiger partial charge < -0.3 is 4.57 Å². The lowest BCUT2D eigenvalue weighted by atomic mass is 10.2. The summed E-state index contributed by atoms with van der Waals surface area (Å²) in [5.41, 5.74) is 1.89. The Kier molecular flexibility index (Phi) is 7.20. The zero-order valence-corrected chi connectivity index (χ0v) is 20.3. The van der Waals surface area contributed by atoms with Crippen molar-refractivity contribution >= 4 is 45.0 Å². The minimum atomic E-state index is -3.63. The largest absolute Gasteiger partial charge is 0.325 e. The van der Waals surface area contributed by atoms with Crippen molar-refractivity contribution in [2.75, 3.05) is 0 Å². The molecule has 9 heteroatoms. The highest BCUT2D eigenvalue weighted by atomic mass is 35.5. The van der Waals surface area contributed by atoms with Gasteiger partial charge in [-0.15, -0.1) is 0 Å². The van der Waals surface area contributed by atoms with E-state index in [1.54, 1.807) is 30.3 Å². The second-order valence-electron chi connectivity index (χ2n) is 7.28. The molecule has 0 atom stereocenters.